The molecule has 3 aromatic rings. The molecule has 0 aliphatic rings. The van der Waals surface area contributed by atoms with E-state index in [1.165, 1.54) is 6.07 Å². The standard InChI is InChI=1S/C21H19FN2O.ClH/c22-20-7-2-1-4-19(20)14-24-13-15-8-10-16(11-9-15)17-5-3-6-18(12-17)21(23)25;/h1-12,24H,13-14H2,(H2,23,25);1H. The topological polar surface area (TPSA) is 55.1 Å². The predicted octanol–water partition coefficient (Wildman–Crippen LogP) is 4.30. The number of benzene rings is 3. The summed E-state index contributed by atoms with van der Waals surface area (Å²) in [6.07, 6.45) is 0. The molecule has 3 aromatic carbocycles. The maximum atomic E-state index is 13.6. The molecule has 3 nitrogen and oxygen atoms in total. The maximum absolute atomic E-state index is 13.6. The second kappa shape index (κ2) is 9.13. The molecule has 0 saturated carbocycles. The molecule has 0 bridgehead atoms. The molecule has 0 aliphatic heterocycles. The van der Waals surface area contributed by atoms with E-state index in [1.807, 2.05) is 42.5 Å². The summed E-state index contributed by atoms with van der Waals surface area (Å²) in [6.45, 7) is 1.13. The van der Waals surface area contributed by atoms with Crippen LogP contribution in [0.25, 0.3) is 11.1 Å². The highest BCUT2D eigenvalue weighted by Crippen LogP contribution is 2.21. The lowest BCUT2D eigenvalue weighted by Gasteiger charge is -2.08. The van der Waals surface area contributed by atoms with E-state index in [1.54, 1.807) is 24.3 Å². The summed E-state index contributed by atoms with van der Waals surface area (Å²) in [4.78, 5) is 11.3. The number of hydrogen-bond donors (Lipinski definition) is 2. The SMILES string of the molecule is Cl.NC(=O)c1cccc(-c2ccc(CNCc3ccccc3F)cc2)c1. The molecule has 0 saturated heterocycles. The van der Waals surface area contributed by atoms with Crippen molar-refractivity contribution in [3.63, 3.8) is 0 Å². The number of carbonyl (C=O) groups excluding carboxylic acids is 1. The van der Waals surface area contributed by atoms with E-state index in [-0.39, 0.29) is 18.2 Å². The van der Waals surface area contributed by atoms with Crippen LogP contribution < -0.4 is 11.1 Å². The minimum absolute atomic E-state index is 0. The van der Waals surface area contributed by atoms with Crippen LogP contribution in [-0.4, -0.2) is 5.91 Å². The van der Waals surface area contributed by atoms with Gasteiger partial charge in [-0.25, -0.2) is 4.39 Å². The van der Waals surface area contributed by atoms with Crippen LogP contribution in [0.5, 0.6) is 0 Å². The predicted molar refractivity (Wildman–Crippen MR) is 105 cm³/mol. The van der Waals surface area contributed by atoms with Crippen LogP contribution in [0.15, 0.2) is 72.8 Å². The van der Waals surface area contributed by atoms with Crippen molar-refractivity contribution < 1.29 is 9.18 Å². The molecule has 5 heteroatoms. The molecule has 0 fully saturated rings. The summed E-state index contributed by atoms with van der Waals surface area (Å²) >= 11 is 0. The maximum Gasteiger partial charge on any atom is 0.248 e. The van der Waals surface area contributed by atoms with E-state index in [0.29, 0.717) is 24.2 Å². The second-order valence-electron chi connectivity index (χ2n) is 5.84. The van der Waals surface area contributed by atoms with Gasteiger partial charge in [-0.05, 0) is 34.9 Å². The molecular weight excluding hydrogens is 351 g/mol. The molecule has 0 heterocycles. The number of carbonyl (C=O) groups is 1. The monoisotopic (exact) mass is 370 g/mol. The number of primary amides is 1. The van der Waals surface area contributed by atoms with E-state index in [2.05, 4.69) is 5.32 Å². The molecule has 0 unspecified atom stereocenters. The molecule has 0 atom stereocenters. The van der Waals surface area contributed by atoms with E-state index in [0.717, 1.165) is 16.7 Å². The summed E-state index contributed by atoms with van der Waals surface area (Å²) in [7, 11) is 0. The second-order valence-corrected chi connectivity index (χ2v) is 5.84. The van der Waals surface area contributed by atoms with Crippen molar-refractivity contribution in [3.05, 3.63) is 95.3 Å². The average Bonchev–Trinajstić information content (AvgIpc) is 2.64. The zero-order valence-electron chi connectivity index (χ0n) is 14.1. The van der Waals surface area contributed by atoms with Crippen LogP contribution in [-0.2, 0) is 13.1 Å². The van der Waals surface area contributed by atoms with Gasteiger partial charge in [-0.2, -0.15) is 0 Å². The average molecular weight is 371 g/mol. The van der Waals surface area contributed by atoms with Crippen molar-refractivity contribution >= 4 is 18.3 Å². The van der Waals surface area contributed by atoms with Crippen LogP contribution in [0.4, 0.5) is 4.39 Å². The minimum atomic E-state index is -0.434. The molecule has 0 radical (unpaired) electrons. The number of amides is 1. The van der Waals surface area contributed by atoms with Gasteiger partial charge in [0.1, 0.15) is 5.82 Å². The lowest BCUT2D eigenvalue weighted by molar-refractivity contribution is 0.100. The van der Waals surface area contributed by atoms with Gasteiger partial charge in [-0.1, -0.05) is 54.6 Å². The van der Waals surface area contributed by atoms with Gasteiger partial charge in [0, 0.05) is 24.2 Å². The highest BCUT2D eigenvalue weighted by Gasteiger charge is 2.04. The third kappa shape index (κ3) is 4.91. The van der Waals surface area contributed by atoms with Gasteiger partial charge in [-0.15, -0.1) is 12.4 Å². The molecular formula is C21H20ClFN2O. The molecule has 0 aromatic heterocycles. The Bertz CT molecular complexity index is 881. The molecule has 134 valence electrons. The van der Waals surface area contributed by atoms with Gasteiger partial charge in [0.25, 0.3) is 0 Å². The first-order valence-electron chi connectivity index (χ1n) is 8.07. The Morgan fingerprint density at radius 3 is 2.31 bits per heavy atom. The number of halogens is 2. The van der Waals surface area contributed by atoms with Crippen LogP contribution in [0.2, 0.25) is 0 Å². The first-order valence-corrected chi connectivity index (χ1v) is 8.07. The van der Waals surface area contributed by atoms with Crippen molar-refractivity contribution in [2.24, 2.45) is 5.73 Å². The van der Waals surface area contributed by atoms with Gasteiger partial charge < -0.3 is 11.1 Å². The lowest BCUT2D eigenvalue weighted by atomic mass is 10.0. The Kier molecular flexibility index (Phi) is 6.89. The number of nitrogens with one attached hydrogen (secondary N) is 1. The van der Waals surface area contributed by atoms with Crippen molar-refractivity contribution in [2.45, 2.75) is 13.1 Å². The third-order valence-electron chi connectivity index (χ3n) is 4.04. The first-order chi connectivity index (χ1) is 12.1. The normalized spacial score (nSPS) is 10.2. The van der Waals surface area contributed by atoms with E-state index in [4.69, 9.17) is 5.73 Å². The highest BCUT2D eigenvalue weighted by atomic mass is 35.5. The van der Waals surface area contributed by atoms with Gasteiger partial charge in [0.05, 0.1) is 0 Å². The first kappa shape index (κ1) is 19.6. The van der Waals surface area contributed by atoms with Gasteiger partial charge in [0.15, 0.2) is 0 Å². The van der Waals surface area contributed by atoms with Gasteiger partial charge in [-0.3, -0.25) is 4.79 Å². The van der Waals surface area contributed by atoms with Gasteiger partial charge >= 0.3 is 0 Å². The highest BCUT2D eigenvalue weighted by molar-refractivity contribution is 5.94. The fourth-order valence-electron chi connectivity index (χ4n) is 2.65. The van der Waals surface area contributed by atoms with E-state index < -0.39 is 5.91 Å². The quantitative estimate of drug-likeness (QED) is 0.679. The van der Waals surface area contributed by atoms with Crippen molar-refractivity contribution in [1.29, 1.82) is 0 Å². The molecule has 3 N–H and O–H groups in total. The fraction of sp³-hybridized carbons (Fsp3) is 0.0952. The largest absolute Gasteiger partial charge is 0.366 e. The van der Waals surface area contributed by atoms with E-state index in [9.17, 15) is 9.18 Å². The van der Waals surface area contributed by atoms with Crippen LogP contribution in [0, 0.1) is 5.82 Å². The zero-order chi connectivity index (χ0) is 17.6. The van der Waals surface area contributed by atoms with Gasteiger partial charge in [0.2, 0.25) is 5.91 Å². The minimum Gasteiger partial charge on any atom is -0.366 e. The summed E-state index contributed by atoms with van der Waals surface area (Å²) in [5.41, 5.74) is 9.54. The summed E-state index contributed by atoms with van der Waals surface area (Å²) in [5.74, 6) is -0.629. The molecule has 1 amide bonds. The molecule has 3 rings (SSSR count). The smallest absolute Gasteiger partial charge is 0.248 e. The molecule has 0 aliphatic carbocycles. The Hall–Kier alpha value is -2.69. The fourth-order valence-corrected chi connectivity index (χ4v) is 2.65. The summed E-state index contributed by atoms with van der Waals surface area (Å²) in [5, 5.41) is 3.24. The third-order valence-corrected chi connectivity index (χ3v) is 4.04. The number of nitrogens with two attached hydrogens (primary N) is 1. The van der Waals surface area contributed by atoms with Crippen molar-refractivity contribution in [3.8, 4) is 11.1 Å². The molecule has 26 heavy (non-hydrogen) atoms. The van der Waals surface area contributed by atoms with E-state index >= 15 is 0 Å². The number of rotatable bonds is 6. The Morgan fingerprint density at radius 1 is 0.885 bits per heavy atom. The number of hydrogen-bond acceptors (Lipinski definition) is 2. The Morgan fingerprint density at radius 2 is 1.62 bits per heavy atom. The zero-order valence-corrected chi connectivity index (χ0v) is 14.9. The van der Waals surface area contributed by atoms with Crippen LogP contribution in [0.1, 0.15) is 21.5 Å². The Balaban J connectivity index is 0.00000243. The molecule has 0 spiro atoms. The summed E-state index contributed by atoms with van der Waals surface area (Å²) < 4.78 is 13.6. The van der Waals surface area contributed by atoms with Crippen LogP contribution in [0.3, 0.4) is 0 Å². The Labute approximate surface area is 158 Å². The van der Waals surface area contributed by atoms with Crippen molar-refractivity contribution in [2.75, 3.05) is 0 Å². The van der Waals surface area contributed by atoms with Crippen molar-refractivity contribution in [1.82, 2.24) is 5.32 Å². The summed E-state index contributed by atoms with van der Waals surface area (Å²) in [6, 6.07) is 22.0. The van der Waals surface area contributed by atoms with Crippen LogP contribution >= 0.6 is 12.4 Å². The lowest BCUT2D eigenvalue weighted by Crippen LogP contribution is -2.13.